The molecule has 1 saturated carbocycles. The van der Waals surface area contributed by atoms with E-state index in [2.05, 4.69) is 10.2 Å². The molecule has 1 aliphatic heterocycles. The van der Waals surface area contributed by atoms with Gasteiger partial charge in [0, 0.05) is 6.54 Å². The Kier molecular flexibility index (Phi) is 3.85. The minimum absolute atomic E-state index is 0.0212. The Bertz CT molecular complexity index is 299. The van der Waals surface area contributed by atoms with Crippen LogP contribution < -0.4 is 5.32 Å². The summed E-state index contributed by atoms with van der Waals surface area (Å²) in [5.74, 6) is 0. The largest absolute Gasteiger partial charge is 0.444 e. The highest BCUT2D eigenvalue weighted by atomic mass is 16.6. The van der Waals surface area contributed by atoms with Gasteiger partial charge in [-0.15, -0.1) is 0 Å². The van der Waals surface area contributed by atoms with Gasteiger partial charge in [-0.25, -0.2) is 4.79 Å². The number of carbonyl (C=O) groups is 1. The van der Waals surface area contributed by atoms with Crippen LogP contribution >= 0.6 is 0 Å². The fourth-order valence-electron chi connectivity index (χ4n) is 2.82. The third-order valence-corrected chi connectivity index (χ3v) is 3.80. The van der Waals surface area contributed by atoms with Crippen molar-refractivity contribution in [1.29, 1.82) is 0 Å². The molecule has 104 valence electrons. The lowest BCUT2D eigenvalue weighted by atomic mass is 9.76. The summed E-state index contributed by atoms with van der Waals surface area (Å²) in [6.45, 7) is 9.06. The van der Waals surface area contributed by atoms with E-state index in [9.17, 15) is 4.79 Å². The summed E-state index contributed by atoms with van der Waals surface area (Å²) >= 11 is 0. The first-order valence-corrected chi connectivity index (χ1v) is 7.12. The van der Waals surface area contributed by atoms with Crippen molar-refractivity contribution in [2.75, 3.05) is 19.6 Å². The first-order valence-electron chi connectivity index (χ1n) is 7.12. The molecule has 0 aromatic carbocycles. The standard InChI is InChI=1S/C14H26N2O2/c1-13(2,3)18-12(17)15-14(7-6-8-14)11-16-9-4-5-10-16/h4-11H2,1-3H3,(H,15,17). The van der Waals surface area contributed by atoms with Crippen molar-refractivity contribution in [2.24, 2.45) is 0 Å². The van der Waals surface area contributed by atoms with Crippen molar-refractivity contribution in [3.8, 4) is 0 Å². The molecule has 0 unspecified atom stereocenters. The summed E-state index contributed by atoms with van der Waals surface area (Å²) < 4.78 is 5.37. The van der Waals surface area contributed by atoms with E-state index in [4.69, 9.17) is 4.74 Å². The zero-order valence-electron chi connectivity index (χ0n) is 11.9. The lowest BCUT2D eigenvalue weighted by molar-refractivity contribution is 0.0330. The molecular formula is C14H26N2O2. The third kappa shape index (κ3) is 3.61. The van der Waals surface area contributed by atoms with Gasteiger partial charge >= 0.3 is 6.09 Å². The molecule has 2 rings (SSSR count). The smallest absolute Gasteiger partial charge is 0.408 e. The lowest BCUT2D eigenvalue weighted by Gasteiger charge is -2.44. The highest BCUT2D eigenvalue weighted by Gasteiger charge is 2.41. The number of hydrogen-bond acceptors (Lipinski definition) is 3. The Labute approximate surface area is 110 Å². The average molecular weight is 254 g/mol. The molecule has 18 heavy (non-hydrogen) atoms. The molecular weight excluding hydrogens is 228 g/mol. The summed E-state index contributed by atoms with van der Waals surface area (Å²) in [7, 11) is 0. The predicted octanol–water partition coefficient (Wildman–Crippen LogP) is 2.53. The van der Waals surface area contributed by atoms with Gasteiger partial charge in [0.15, 0.2) is 0 Å². The van der Waals surface area contributed by atoms with Crippen LogP contribution in [0, 0.1) is 0 Å². The maximum atomic E-state index is 11.9. The molecule has 0 bridgehead atoms. The van der Waals surface area contributed by atoms with Crippen molar-refractivity contribution in [2.45, 2.75) is 64.0 Å². The van der Waals surface area contributed by atoms with Crippen LogP contribution in [0.3, 0.4) is 0 Å². The number of hydrogen-bond donors (Lipinski definition) is 1. The van der Waals surface area contributed by atoms with E-state index in [1.165, 1.54) is 32.4 Å². The molecule has 1 N–H and O–H groups in total. The van der Waals surface area contributed by atoms with Gasteiger partial charge in [0.1, 0.15) is 5.60 Å². The Morgan fingerprint density at radius 3 is 2.28 bits per heavy atom. The molecule has 0 aromatic rings. The number of amides is 1. The number of likely N-dealkylation sites (tertiary alicyclic amines) is 1. The number of alkyl carbamates (subject to hydrolysis) is 1. The molecule has 0 spiro atoms. The zero-order valence-corrected chi connectivity index (χ0v) is 11.9. The second-order valence-electron chi connectivity index (χ2n) is 6.74. The average Bonchev–Trinajstić information content (AvgIpc) is 2.63. The molecule has 2 aliphatic rings. The third-order valence-electron chi connectivity index (χ3n) is 3.80. The van der Waals surface area contributed by atoms with Crippen LogP contribution in [0.25, 0.3) is 0 Å². The molecule has 0 atom stereocenters. The molecule has 2 fully saturated rings. The maximum Gasteiger partial charge on any atom is 0.408 e. The molecule has 1 heterocycles. The molecule has 0 radical (unpaired) electrons. The second kappa shape index (κ2) is 5.08. The van der Waals surface area contributed by atoms with Gasteiger partial charge < -0.3 is 15.0 Å². The maximum absolute atomic E-state index is 11.9. The van der Waals surface area contributed by atoms with Gasteiger partial charge in [-0.05, 0) is 66.0 Å². The van der Waals surface area contributed by atoms with E-state index < -0.39 is 5.60 Å². The minimum atomic E-state index is -0.414. The molecule has 4 heteroatoms. The summed E-state index contributed by atoms with van der Waals surface area (Å²) in [6.07, 6.45) is 5.71. The van der Waals surface area contributed by atoms with Crippen molar-refractivity contribution in [3.63, 3.8) is 0 Å². The van der Waals surface area contributed by atoms with Crippen LogP contribution in [0.5, 0.6) is 0 Å². The van der Waals surface area contributed by atoms with Crippen LogP contribution in [-0.2, 0) is 4.74 Å². The van der Waals surface area contributed by atoms with Crippen LogP contribution in [0.1, 0.15) is 52.9 Å². The number of nitrogens with zero attached hydrogens (tertiary/aromatic N) is 1. The van der Waals surface area contributed by atoms with Crippen molar-refractivity contribution < 1.29 is 9.53 Å². The monoisotopic (exact) mass is 254 g/mol. The highest BCUT2D eigenvalue weighted by Crippen LogP contribution is 2.33. The summed E-state index contributed by atoms with van der Waals surface area (Å²) in [5, 5.41) is 3.11. The van der Waals surface area contributed by atoms with Crippen molar-refractivity contribution in [3.05, 3.63) is 0 Å². The normalized spacial score (nSPS) is 23.5. The van der Waals surface area contributed by atoms with E-state index in [-0.39, 0.29) is 11.6 Å². The van der Waals surface area contributed by atoms with Crippen LogP contribution in [0.2, 0.25) is 0 Å². The van der Waals surface area contributed by atoms with E-state index in [0.29, 0.717) is 0 Å². The Hall–Kier alpha value is -0.770. The summed E-state index contributed by atoms with van der Waals surface area (Å²) in [5.41, 5.74) is -0.435. The van der Waals surface area contributed by atoms with Gasteiger partial charge in [0.25, 0.3) is 0 Å². The molecule has 1 amide bonds. The van der Waals surface area contributed by atoms with Gasteiger partial charge in [-0.1, -0.05) is 0 Å². The van der Waals surface area contributed by atoms with E-state index in [1.807, 2.05) is 20.8 Å². The molecule has 1 aliphatic carbocycles. The molecule has 4 nitrogen and oxygen atoms in total. The van der Waals surface area contributed by atoms with Gasteiger partial charge in [0.05, 0.1) is 5.54 Å². The molecule has 0 aromatic heterocycles. The number of ether oxygens (including phenoxy) is 1. The highest BCUT2D eigenvalue weighted by molar-refractivity contribution is 5.69. The second-order valence-corrected chi connectivity index (χ2v) is 6.74. The number of rotatable bonds is 3. The van der Waals surface area contributed by atoms with E-state index >= 15 is 0 Å². The minimum Gasteiger partial charge on any atom is -0.444 e. The van der Waals surface area contributed by atoms with Crippen molar-refractivity contribution in [1.82, 2.24) is 10.2 Å². The number of carbonyl (C=O) groups excluding carboxylic acids is 1. The summed E-state index contributed by atoms with van der Waals surface area (Å²) in [6, 6.07) is 0. The predicted molar refractivity (Wildman–Crippen MR) is 71.6 cm³/mol. The van der Waals surface area contributed by atoms with E-state index in [0.717, 1.165) is 19.4 Å². The fraction of sp³-hybridized carbons (Fsp3) is 0.929. The van der Waals surface area contributed by atoms with E-state index in [1.54, 1.807) is 0 Å². The van der Waals surface area contributed by atoms with Crippen molar-refractivity contribution >= 4 is 6.09 Å². The first kappa shape index (κ1) is 13.7. The topological polar surface area (TPSA) is 41.6 Å². The zero-order chi connectivity index (χ0) is 13.2. The van der Waals surface area contributed by atoms with Crippen LogP contribution in [0.15, 0.2) is 0 Å². The lowest BCUT2D eigenvalue weighted by Crippen LogP contribution is -2.60. The van der Waals surface area contributed by atoms with Gasteiger partial charge in [-0.3, -0.25) is 0 Å². The van der Waals surface area contributed by atoms with Crippen LogP contribution in [0.4, 0.5) is 4.79 Å². The first-order chi connectivity index (χ1) is 8.39. The quantitative estimate of drug-likeness (QED) is 0.841. The summed E-state index contributed by atoms with van der Waals surface area (Å²) in [4.78, 5) is 14.4. The number of nitrogens with one attached hydrogen (secondary N) is 1. The van der Waals surface area contributed by atoms with Gasteiger partial charge in [-0.2, -0.15) is 0 Å². The Morgan fingerprint density at radius 2 is 1.83 bits per heavy atom. The fourth-order valence-corrected chi connectivity index (χ4v) is 2.82. The van der Waals surface area contributed by atoms with Crippen LogP contribution in [-0.4, -0.2) is 41.8 Å². The SMILES string of the molecule is CC(C)(C)OC(=O)NC1(CN2CCCC2)CCC1. The Balaban J connectivity index is 1.85. The Morgan fingerprint density at radius 1 is 1.22 bits per heavy atom. The van der Waals surface area contributed by atoms with Gasteiger partial charge in [0.2, 0.25) is 0 Å². The molecule has 1 saturated heterocycles.